The van der Waals surface area contributed by atoms with Gasteiger partial charge in [-0.2, -0.15) is 5.10 Å². The van der Waals surface area contributed by atoms with Gasteiger partial charge in [-0.1, -0.05) is 18.2 Å². The van der Waals surface area contributed by atoms with E-state index in [-0.39, 0.29) is 6.10 Å². The van der Waals surface area contributed by atoms with E-state index in [4.69, 9.17) is 4.74 Å². The minimum absolute atomic E-state index is 0.0122. The van der Waals surface area contributed by atoms with Gasteiger partial charge in [0.25, 0.3) is 0 Å². The quantitative estimate of drug-likeness (QED) is 0.469. The lowest BCUT2D eigenvalue weighted by Gasteiger charge is -2.21. The van der Waals surface area contributed by atoms with Crippen LogP contribution in [0.1, 0.15) is 29.3 Å². The molecule has 0 aliphatic carbocycles. The second kappa shape index (κ2) is 9.43. The minimum atomic E-state index is 0.0122. The molecule has 1 aromatic carbocycles. The number of methoxy groups -OCH3 is 1. The largest absolute Gasteiger partial charge is 0.375 e. The molecular formula is C19H25N7OS. The first kappa shape index (κ1) is 20.0. The molecule has 28 heavy (non-hydrogen) atoms. The third-order valence-electron chi connectivity index (χ3n) is 4.31. The third-order valence-corrected chi connectivity index (χ3v) is 5.36. The smallest absolute Gasteiger partial charge is 0.194 e. The van der Waals surface area contributed by atoms with Gasteiger partial charge in [0, 0.05) is 38.7 Å². The second-order valence-electron chi connectivity index (χ2n) is 6.35. The van der Waals surface area contributed by atoms with Crippen molar-refractivity contribution in [2.24, 2.45) is 4.99 Å². The zero-order chi connectivity index (χ0) is 19.9. The first-order valence-electron chi connectivity index (χ1n) is 8.94. The number of hydrogen-bond donors (Lipinski definition) is 2. The van der Waals surface area contributed by atoms with Crippen LogP contribution < -0.4 is 5.32 Å². The first-order valence-corrected chi connectivity index (χ1v) is 9.82. The van der Waals surface area contributed by atoms with Crippen LogP contribution in [0.2, 0.25) is 0 Å². The number of benzene rings is 1. The van der Waals surface area contributed by atoms with E-state index in [0.29, 0.717) is 13.1 Å². The zero-order valence-electron chi connectivity index (χ0n) is 16.5. The molecule has 3 rings (SSSR count). The molecule has 0 amide bonds. The normalized spacial score (nSPS) is 12.8. The van der Waals surface area contributed by atoms with Gasteiger partial charge in [0.15, 0.2) is 11.8 Å². The number of aliphatic imine (C=N–C) groups is 1. The Morgan fingerprint density at radius 1 is 1.43 bits per heavy atom. The second-order valence-corrected chi connectivity index (χ2v) is 7.24. The third kappa shape index (κ3) is 4.93. The van der Waals surface area contributed by atoms with Gasteiger partial charge in [-0.3, -0.25) is 10.1 Å². The van der Waals surface area contributed by atoms with E-state index in [2.05, 4.69) is 52.9 Å². The van der Waals surface area contributed by atoms with Crippen LogP contribution in [0.5, 0.6) is 0 Å². The summed E-state index contributed by atoms with van der Waals surface area (Å²) < 4.78 is 5.33. The molecule has 2 heterocycles. The monoisotopic (exact) mass is 399 g/mol. The summed E-state index contributed by atoms with van der Waals surface area (Å²) in [5.74, 6) is 1.56. The van der Waals surface area contributed by atoms with Crippen LogP contribution in [0.4, 0.5) is 0 Å². The average Bonchev–Trinajstić information content (AvgIpc) is 3.40. The summed E-state index contributed by atoms with van der Waals surface area (Å²) in [7, 11) is 5.48. The van der Waals surface area contributed by atoms with E-state index in [1.807, 2.05) is 26.1 Å². The molecule has 8 nitrogen and oxygen atoms in total. The Morgan fingerprint density at radius 2 is 2.29 bits per heavy atom. The predicted octanol–water partition coefficient (Wildman–Crippen LogP) is 2.84. The Labute approximate surface area is 168 Å². The molecule has 0 aliphatic heterocycles. The molecule has 0 aliphatic rings. The first-order chi connectivity index (χ1) is 13.6. The van der Waals surface area contributed by atoms with Gasteiger partial charge in [-0.05, 0) is 18.6 Å². The number of thiazole rings is 1. The van der Waals surface area contributed by atoms with Crippen LogP contribution in [-0.2, 0) is 17.8 Å². The summed E-state index contributed by atoms with van der Waals surface area (Å²) >= 11 is 1.62. The summed E-state index contributed by atoms with van der Waals surface area (Å²) in [4.78, 5) is 15.3. The highest BCUT2D eigenvalue weighted by Gasteiger charge is 2.13. The van der Waals surface area contributed by atoms with E-state index in [0.717, 1.165) is 33.6 Å². The minimum Gasteiger partial charge on any atom is -0.375 e. The van der Waals surface area contributed by atoms with Crippen LogP contribution in [0.25, 0.3) is 11.4 Å². The summed E-state index contributed by atoms with van der Waals surface area (Å²) in [5.41, 5.74) is 3.14. The number of aromatic nitrogens is 4. The van der Waals surface area contributed by atoms with Crippen molar-refractivity contribution in [1.29, 1.82) is 0 Å². The molecule has 0 saturated carbocycles. The molecule has 0 saturated heterocycles. The Kier molecular flexibility index (Phi) is 6.72. The number of nitrogens with one attached hydrogen (secondary N) is 2. The lowest BCUT2D eigenvalue weighted by molar-refractivity contribution is 0.119. The molecule has 2 aromatic heterocycles. The van der Waals surface area contributed by atoms with Crippen LogP contribution >= 0.6 is 11.3 Å². The molecule has 2 N–H and O–H groups in total. The van der Waals surface area contributed by atoms with E-state index in [1.54, 1.807) is 25.5 Å². The summed E-state index contributed by atoms with van der Waals surface area (Å²) in [6, 6.07) is 8.17. The molecule has 148 valence electrons. The fourth-order valence-corrected chi connectivity index (χ4v) is 3.58. The van der Waals surface area contributed by atoms with Crippen molar-refractivity contribution in [3.63, 3.8) is 0 Å². The van der Waals surface area contributed by atoms with Gasteiger partial charge < -0.3 is 15.0 Å². The average molecular weight is 400 g/mol. The van der Waals surface area contributed by atoms with E-state index < -0.39 is 0 Å². The Hall–Kier alpha value is -2.78. The van der Waals surface area contributed by atoms with Gasteiger partial charge in [0.1, 0.15) is 17.4 Å². The number of ether oxygens (including phenoxy) is 1. The number of guanidine groups is 1. The van der Waals surface area contributed by atoms with Crippen LogP contribution in [0, 0.1) is 0 Å². The van der Waals surface area contributed by atoms with Gasteiger partial charge in [-0.25, -0.2) is 9.97 Å². The summed E-state index contributed by atoms with van der Waals surface area (Å²) in [5, 5.41) is 13.2. The highest BCUT2D eigenvalue weighted by Crippen LogP contribution is 2.21. The maximum Gasteiger partial charge on any atom is 0.194 e. The standard InChI is InChI=1S/C19H25N7OS/c1-13(27-4)18-24-16(11-28-18)10-26(3)19(20-2)21-9-14-6-5-7-15(8-14)17-22-12-23-25-17/h5-8,11-13H,9-10H2,1-4H3,(H,20,21)(H,22,23,25). The lowest BCUT2D eigenvalue weighted by Crippen LogP contribution is -2.38. The molecule has 0 fully saturated rings. The van der Waals surface area contributed by atoms with E-state index in [1.165, 1.54) is 6.33 Å². The van der Waals surface area contributed by atoms with Gasteiger partial charge in [0.05, 0.1) is 12.2 Å². The zero-order valence-corrected chi connectivity index (χ0v) is 17.3. The van der Waals surface area contributed by atoms with Crippen LogP contribution in [0.15, 0.2) is 41.0 Å². The molecule has 9 heteroatoms. The Bertz CT molecular complexity index is 907. The molecule has 0 bridgehead atoms. The highest BCUT2D eigenvalue weighted by molar-refractivity contribution is 7.09. The van der Waals surface area contributed by atoms with Crippen molar-refractivity contribution in [3.8, 4) is 11.4 Å². The van der Waals surface area contributed by atoms with Gasteiger partial charge >= 0.3 is 0 Å². The Morgan fingerprint density at radius 3 is 3.00 bits per heavy atom. The van der Waals surface area contributed by atoms with Gasteiger partial charge in [-0.15, -0.1) is 11.3 Å². The van der Waals surface area contributed by atoms with Crippen molar-refractivity contribution in [2.75, 3.05) is 21.2 Å². The van der Waals surface area contributed by atoms with E-state index >= 15 is 0 Å². The van der Waals surface area contributed by atoms with Gasteiger partial charge in [0.2, 0.25) is 0 Å². The van der Waals surface area contributed by atoms with Crippen molar-refractivity contribution in [2.45, 2.75) is 26.1 Å². The molecule has 1 unspecified atom stereocenters. The highest BCUT2D eigenvalue weighted by atomic mass is 32.1. The molecule has 0 spiro atoms. The number of H-pyrrole nitrogens is 1. The molecule has 1 atom stereocenters. The topological polar surface area (TPSA) is 91.3 Å². The maximum absolute atomic E-state index is 5.33. The number of hydrogen-bond acceptors (Lipinski definition) is 6. The fourth-order valence-electron chi connectivity index (χ4n) is 2.74. The van der Waals surface area contributed by atoms with Crippen molar-refractivity contribution >= 4 is 17.3 Å². The predicted molar refractivity (Wildman–Crippen MR) is 111 cm³/mol. The maximum atomic E-state index is 5.33. The Balaban J connectivity index is 1.60. The van der Waals surface area contributed by atoms with Crippen molar-refractivity contribution < 1.29 is 4.74 Å². The van der Waals surface area contributed by atoms with Crippen molar-refractivity contribution in [1.82, 2.24) is 30.4 Å². The number of rotatable bonds is 7. The van der Waals surface area contributed by atoms with Crippen molar-refractivity contribution in [3.05, 3.63) is 52.2 Å². The summed E-state index contributed by atoms with van der Waals surface area (Å²) in [6.45, 7) is 3.33. The van der Waals surface area contributed by atoms with Crippen LogP contribution in [0.3, 0.4) is 0 Å². The number of aromatic amines is 1. The lowest BCUT2D eigenvalue weighted by atomic mass is 10.1. The SMILES string of the molecule is CN=C(NCc1cccc(-c2ncn[nH]2)c1)N(C)Cc1csc(C(C)OC)n1. The molecule has 3 aromatic rings. The van der Waals surface area contributed by atoms with Crippen LogP contribution in [-0.4, -0.2) is 52.2 Å². The fraction of sp³-hybridized carbons (Fsp3) is 0.368. The van der Waals surface area contributed by atoms with E-state index in [9.17, 15) is 0 Å². The molecular weight excluding hydrogens is 374 g/mol. The molecule has 0 radical (unpaired) electrons. The summed E-state index contributed by atoms with van der Waals surface area (Å²) in [6.07, 6.45) is 1.52. The number of nitrogens with zero attached hydrogens (tertiary/aromatic N) is 5.